The molecule has 0 spiro atoms. The molecule has 80 valence electrons. The highest BCUT2D eigenvalue weighted by atomic mass is 16.5. The standard InChI is InChI=1S/C10H14N4O/c1-3-14-5-4-11-10(14)8-15-9-6-12-13(2)7-9/h4-7H,3,8H2,1-2H3. The number of ether oxygens (including phenoxy) is 1. The largest absolute Gasteiger partial charge is 0.482 e. The second-order valence-corrected chi connectivity index (χ2v) is 3.27. The van der Waals surface area contributed by atoms with Gasteiger partial charge in [0.15, 0.2) is 5.75 Å². The quantitative estimate of drug-likeness (QED) is 0.755. The lowest BCUT2D eigenvalue weighted by Crippen LogP contribution is -2.04. The third-order valence-electron chi connectivity index (χ3n) is 2.19. The van der Waals surface area contributed by atoms with Gasteiger partial charge in [0.1, 0.15) is 12.4 Å². The second kappa shape index (κ2) is 4.16. The summed E-state index contributed by atoms with van der Waals surface area (Å²) in [6, 6.07) is 0. The predicted octanol–water partition coefficient (Wildman–Crippen LogP) is 1.22. The molecule has 0 radical (unpaired) electrons. The zero-order valence-corrected chi connectivity index (χ0v) is 8.92. The highest BCUT2D eigenvalue weighted by molar-refractivity contribution is 5.11. The Morgan fingerprint density at radius 2 is 2.33 bits per heavy atom. The molecule has 5 heteroatoms. The van der Waals surface area contributed by atoms with Crippen LogP contribution in [0.15, 0.2) is 24.8 Å². The molecule has 0 N–H and O–H groups in total. The molecule has 2 rings (SSSR count). The van der Waals surface area contributed by atoms with E-state index in [0.29, 0.717) is 6.61 Å². The number of aromatic nitrogens is 4. The van der Waals surface area contributed by atoms with Crippen LogP contribution in [0.25, 0.3) is 0 Å². The van der Waals surface area contributed by atoms with Crippen molar-refractivity contribution in [1.29, 1.82) is 0 Å². The normalized spacial score (nSPS) is 10.5. The molecule has 2 aromatic rings. The monoisotopic (exact) mass is 206 g/mol. The fourth-order valence-electron chi connectivity index (χ4n) is 1.39. The summed E-state index contributed by atoms with van der Waals surface area (Å²) >= 11 is 0. The van der Waals surface area contributed by atoms with Gasteiger partial charge in [0.05, 0.1) is 12.4 Å². The number of hydrogen-bond donors (Lipinski definition) is 0. The van der Waals surface area contributed by atoms with Gasteiger partial charge in [-0.25, -0.2) is 4.98 Å². The molecule has 0 aliphatic rings. The third kappa shape index (κ3) is 2.18. The van der Waals surface area contributed by atoms with Gasteiger partial charge in [-0.15, -0.1) is 0 Å². The van der Waals surface area contributed by atoms with Crippen LogP contribution in [0.3, 0.4) is 0 Å². The van der Waals surface area contributed by atoms with Gasteiger partial charge in [-0.3, -0.25) is 4.68 Å². The fourth-order valence-corrected chi connectivity index (χ4v) is 1.39. The lowest BCUT2D eigenvalue weighted by Gasteiger charge is -2.05. The van der Waals surface area contributed by atoms with E-state index in [2.05, 4.69) is 21.6 Å². The first-order valence-electron chi connectivity index (χ1n) is 4.91. The lowest BCUT2D eigenvalue weighted by molar-refractivity contribution is 0.289. The lowest BCUT2D eigenvalue weighted by atomic mass is 10.6. The van der Waals surface area contributed by atoms with Crippen LogP contribution in [0.4, 0.5) is 0 Å². The molecule has 0 saturated carbocycles. The smallest absolute Gasteiger partial charge is 0.157 e. The Balaban J connectivity index is 1.98. The van der Waals surface area contributed by atoms with Gasteiger partial charge in [0, 0.05) is 26.0 Å². The van der Waals surface area contributed by atoms with Crippen LogP contribution in [0, 0.1) is 0 Å². The van der Waals surface area contributed by atoms with E-state index in [4.69, 9.17) is 4.74 Å². The van der Waals surface area contributed by atoms with Gasteiger partial charge in [-0.2, -0.15) is 5.10 Å². The molecule has 0 aliphatic heterocycles. The zero-order chi connectivity index (χ0) is 10.7. The van der Waals surface area contributed by atoms with Crippen molar-refractivity contribution in [2.45, 2.75) is 20.1 Å². The molecule has 5 nitrogen and oxygen atoms in total. The maximum Gasteiger partial charge on any atom is 0.157 e. The van der Waals surface area contributed by atoms with Crippen molar-refractivity contribution in [2.24, 2.45) is 7.05 Å². The molecule has 0 unspecified atom stereocenters. The maximum atomic E-state index is 5.55. The molecule has 0 amide bonds. The number of nitrogens with zero attached hydrogens (tertiary/aromatic N) is 4. The minimum absolute atomic E-state index is 0.479. The zero-order valence-electron chi connectivity index (χ0n) is 8.92. The van der Waals surface area contributed by atoms with Crippen LogP contribution >= 0.6 is 0 Å². The number of rotatable bonds is 4. The highest BCUT2D eigenvalue weighted by Crippen LogP contribution is 2.09. The van der Waals surface area contributed by atoms with Crippen LogP contribution < -0.4 is 4.74 Å². The van der Waals surface area contributed by atoms with E-state index in [-0.39, 0.29) is 0 Å². The molecule has 0 aliphatic carbocycles. The Morgan fingerprint density at radius 1 is 1.47 bits per heavy atom. The van der Waals surface area contributed by atoms with E-state index in [1.807, 2.05) is 19.4 Å². The SMILES string of the molecule is CCn1ccnc1COc1cnn(C)c1. The number of aryl methyl sites for hydroxylation is 2. The van der Waals surface area contributed by atoms with E-state index >= 15 is 0 Å². The molecular formula is C10H14N4O. The predicted molar refractivity (Wildman–Crippen MR) is 55.4 cm³/mol. The Kier molecular flexibility index (Phi) is 2.71. The van der Waals surface area contributed by atoms with Crippen LogP contribution in [0.5, 0.6) is 5.75 Å². The van der Waals surface area contributed by atoms with Crippen molar-refractivity contribution in [3.8, 4) is 5.75 Å². The van der Waals surface area contributed by atoms with Gasteiger partial charge in [-0.05, 0) is 6.92 Å². The van der Waals surface area contributed by atoms with Crippen molar-refractivity contribution in [1.82, 2.24) is 19.3 Å². The van der Waals surface area contributed by atoms with E-state index in [9.17, 15) is 0 Å². The number of imidazole rings is 1. The van der Waals surface area contributed by atoms with E-state index in [1.165, 1.54) is 0 Å². The summed E-state index contributed by atoms with van der Waals surface area (Å²) in [6.07, 6.45) is 7.26. The average Bonchev–Trinajstić information content (AvgIpc) is 2.83. The first-order chi connectivity index (χ1) is 7.29. The van der Waals surface area contributed by atoms with Crippen molar-refractivity contribution in [3.63, 3.8) is 0 Å². The fraction of sp³-hybridized carbons (Fsp3) is 0.400. The Hall–Kier alpha value is -1.78. The first-order valence-corrected chi connectivity index (χ1v) is 4.91. The van der Waals surface area contributed by atoms with Crippen molar-refractivity contribution in [2.75, 3.05) is 0 Å². The molecule has 2 aromatic heterocycles. The van der Waals surface area contributed by atoms with Gasteiger partial charge >= 0.3 is 0 Å². The summed E-state index contributed by atoms with van der Waals surface area (Å²) < 4.78 is 9.31. The summed E-state index contributed by atoms with van der Waals surface area (Å²) in [4.78, 5) is 4.22. The van der Waals surface area contributed by atoms with Gasteiger partial charge < -0.3 is 9.30 Å². The van der Waals surface area contributed by atoms with Crippen LogP contribution in [0.2, 0.25) is 0 Å². The molecule has 0 atom stereocenters. The van der Waals surface area contributed by atoms with E-state index < -0.39 is 0 Å². The van der Waals surface area contributed by atoms with Crippen LogP contribution in [-0.4, -0.2) is 19.3 Å². The van der Waals surface area contributed by atoms with E-state index in [0.717, 1.165) is 18.1 Å². The van der Waals surface area contributed by atoms with Crippen LogP contribution in [0.1, 0.15) is 12.7 Å². The van der Waals surface area contributed by atoms with Gasteiger partial charge in [0.2, 0.25) is 0 Å². The summed E-state index contributed by atoms with van der Waals surface area (Å²) in [5.41, 5.74) is 0. The highest BCUT2D eigenvalue weighted by Gasteiger charge is 2.02. The van der Waals surface area contributed by atoms with Crippen molar-refractivity contribution < 1.29 is 4.74 Å². The van der Waals surface area contributed by atoms with Crippen molar-refractivity contribution >= 4 is 0 Å². The molecule has 0 fully saturated rings. The Morgan fingerprint density at radius 3 is 3.00 bits per heavy atom. The first kappa shape index (κ1) is 9.76. The second-order valence-electron chi connectivity index (χ2n) is 3.27. The Bertz CT molecular complexity index is 432. The summed E-state index contributed by atoms with van der Waals surface area (Å²) in [7, 11) is 1.86. The summed E-state index contributed by atoms with van der Waals surface area (Å²) in [6.45, 7) is 3.47. The topological polar surface area (TPSA) is 44.9 Å². The van der Waals surface area contributed by atoms with E-state index in [1.54, 1.807) is 17.1 Å². The molecule has 0 saturated heterocycles. The summed E-state index contributed by atoms with van der Waals surface area (Å²) in [5.74, 6) is 1.70. The number of hydrogen-bond acceptors (Lipinski definition) is 3. The molecule has 0 aromatic carbocycles. The van der Waals surface area contributed by atoms with Crippen molar-refractivity contribution in [3.05, 3.63) is 30.6 Å². The Labute approximate surface area is 88.3 Å². The molecule has 0 bridgehead atoms. The van der Waals surface area contributed by atoms with Gasteiger partial charge in [0.25, 0.3) is 0 Å². The molecule has 15 heavy (non-hydrogen) atoms. The van der Waals surface area contributed by atoms with Gasteiger partial charge in [-0.1, -0.05) is 0 Å². The molecular weight excluding hydrogens is 192 g/mol. The minimum Gasteiger partial charge on any atom is -0.482 e. The third-order valence-corrected chi connectivity index (χ3v) is 2.19. The minimum atomic E-state index is 0.479. The average molecular weight is 206 g/mol. The maximum absolute atomic E-state index is 5.55. The summed E-state index contributed by atoms with van der Waals surface area (Å²) in [5, 5.41) is 4.02. The molecule has 2 heterocycles. The van der Waals surface area contributed by atoms with Crippen LogP contribution in [-0.2, 0) is 20.2 Å².